The summed E-state index contributed by atoms with van der Waals surface area (Å²) in [5.74, 6) is -0.252. The molecule has 0 radical (unpaired) electrons. The molecule has 1 fully saturated rings. The molecule has 7 nitrogen and oxygen atoms in total. The third-order valence-electron chi connectivity index (χ3n) is 6.32. The van der Waals surface area contributed by atoms with Gasteiger partial charge < -0.3 is 25.2 Å². The number of carboxylic acids is 1. The van der Waals surface area contributed by atoms with Crippen LogP contribution >= 0.6 is 0 Å². The Hall–Kier alpha value is -3.22. The summed E-state index contributed by atoms with van der Waals surface area (Å²) >= 11 is 0. The molecule has 0 saturated carbocycles. The zero-order chi connectivity index (χ0) is 21.3. The molecule has 0 aliphatic carbocycles. The monoisotopic (exact) mass is 410 g/mol. The van der Waals surface area contributed by atoms with Crippen molar-refractivity contribution in [1.82, 2.24) is 4.90 Å². The summed E-state index contributed by atoms with van der Waals surface area (Å²) in [7, 11) is 1.56. The number of primary amides is 1. The van der Waals surface area contributed by atoms with Gasteiger partial charge in [0.1, 0.15) is 17.6 Å². The number of benzene rings is 2. The third-order valence-corrected chi connectivity index (χ3v) is 6.32. The van der Waals surface area contributed by atoms with Crippen molar-refractivity contribution in [1.29, 1.82) is 0 Å². The van der Waals surface area contributed by atoms with E-state index < -0.39 is 17.9 Å². The Morgan fingerprint density at radius 2 is 1.97 bits per heavy atom. The number of nitrogens with zero attached hydrogens (tertiary/aromatic N) is 1. The van der Waals surface area contributed by atoms with Gasteiger partial charge in [0.2, 0.25) is 0 Å². The number of carbonyl (C=O) groups excluding carboxylic acids is 1. The fourth-order valence-corrected chi connectivity index (χ4v) is 4.77. The van der Waals surface area contributed by atoms with Gasteiger partial charge in [-0.05, 0) is 30.2 Å². The van der Waals surface area contributed by atoms with E-state index in [0.29, 0.717) is 43.0 Å². The Balaban J connectivity index is 1.67. The first kappa shape index (κ1) is 20.1. The van der Waals surface area contributed by atoms with Gasteiger partial charge in [-0.15, -0.1) is 0 Å². The third kappa shape index (κ3) is 3.79. The van der Waals surface area contributed by atoms with Crippen molar-refractivity contribution >= 4 is 12.0 Å². The summed E-state index contributed by atoms with van der Waals surface area (Å²) in [5.41, 5.74) is 7.29. The van der Waals surface area contributed by atoms with Crippen molar-refractivity contribution < 1.29 is 24.2 Å². The van der Waals surface area contributed by atoms with Gasteiger partial charge in [0.25, 0.3) is 0 Å². The molecule has 4 unspecified atom stereocenters. The fraction of sp³-hybridized carbons (Fsp3) is 0.391. The number of carbonyl (C=O) groups is 2. The molecule has 2 aliphatic heterocycles. The molecule has 2 aromatic carbocycles. The van der Waals surface area contributed by atoms with Gasteiger partial charge in [-0.2, -0.15) is 0 Å². The maximum atomic E-state index is 12.1. The molecule has 2 heterocycles. The first-order valence-electron chi connectivity index (χ1n) is 10.1. The number of likely N-dealkylation sites (tertiary alicyclic amines) is 1. The molecule has 0 bridgehead atoms. The van der Waals surface area contributed by atoms with Crippen molar-refractivity contribution in [3.05, 3.63) is 59.7 Å². The predicted molar refractivity (Wildman–Crippen MR) is 111 cm³/mol. The highest BCUT2D eigenvalue weighted by Gasteiger charge is 2.43. The van der Waals surface area contributed by atoms with Crippen LogP contribution in [0.4, 0.5) is 4.79 Å². The minimum absolute atomic E-state index is 0.0201. The number of ether oxygens (including phenoxy) is 2. The zero-order valence-corrected chi connectivity index (χ0v) is 16.9. The number of piperidine rings is 1. The number of fused-ring (bicyclic) bond motifs is 1. The Kier molecular flexibility index (Phi) is 5.53. The molecular weight excluding hydrogens is 384 g/mol. The molecule has 0 spiro atoms. The van der Waals surface area contributed by atoms with Crippen molar-refractivity contribution in [2.75, 3.05) is 20.2 Å². The Bertz CT molecular complexity index is 932. The summed E-state index contributed by atoms with van der Waals surface area (Å²) < 4.78 is 11.6. The Labute approximate surface area is 175 Å². The van der Waals surface area contributed by atoms with Crippen LogP contribution in [0.25, 0.3) is 0 Å². The van der Waals surface area contributed by atoms with Gasteiger partial charge in [-0.1, -0.05) is 30.3 Å². The minimum atomic E-state index is -0.872. The molecule has 2 aromatic rings. The second-order valence-electron chi connectivity index (χ2n) is 7.94. The minimum Gasteiger partial charge on any atom is -0.497 e. The zero-order valence-electron chi connectivity index (χ0n) is 16.9. The van der Waals surface area contributed by atoms with E-state index in [1.165, 1.54) is 0 Å². The summed E-state index contributed by atoms with van der Waals surface area (Å²) in [6.45, 7) is 1.04. The molecule has 2 aliphatic rings. The summed E-state index contributed by atoms with van der Waals surface area (Å²) in [6.07, 6.45) is 0.803. The van der Waals surface area contributed by atoms with Crippen molar-refractivity contribution in [3.63, 3.8) is 0 Å². The van der Waals surface area contributed by atoms with Crippen LogP contribution < -0.4 is 15.2 Å². The van der Waals surface area contributed by atoms with E-state index in [4.69, 9.17) is 15.2 Å². The number of hydrogen-bond donors (Lipinski definition) is 2. The van der Waals surface area contributed by atoms with Crippen LogP contribution in [0.15, 0.2) is 48.5 Å². The number of nitrogens with two attached hydrogens (primary N) is 1. The number of urea groups is 1. The molecule has 0 aromatic heterocycles. The molecule has 1 saturated heterocycles. The van der Waals surface area contributed by atoms with Crippen molar-refractivity contribution in [2.45, 2.75) is 30.8 Å². The molecule has 4 atom stereocenters. The maximum absolute atomic E-state index is 12.1. The van der Waals surface area contributed by atoms with Gasteiger partial charge in [0.15, 0.2) is 0 Å². The van der Waals surface area contributed by atoms with Crippen LogP contribution in [0.2, 0.25) is 0 Å². The summed E-state index contributed by atoms with van der Waals surface area (Å²) in [4.78, 5) is 25.5. The molecule has 30 heavy (non-hydrogen) atoms. The SMILES string of the molecule is COc1ccc2c(c1)C(C(=O)O)CC(C1CCN(C(N)=O)CC1c1ccccc1)O2. The standard InChI is InChI=1S/C23H26N2O5/c1-29-15-7-8-20-17(11-15)18(22(26)27)12-21(30-20)16-9-10-25(23(24)28)13-19(16)14-5-3-2-4-6-14/h2-8,11,16,18-19,21H,9-10,12-13H2,1H3,(H2,24,28)(H,26,27). The van der Waals surface area contributed by atoms with E-state index in [9.17, 15) is 14.7 Å². The second-order valence-corrected chi connectivity index (χ2v) is 7.94. The van der Waals surface area contributed by atoms with Crippen LogP contribution in [0.5, 0.6) is 11.5 Å². The normalized spacial score (nSPS) is 25.7. The van der Waals surface area contributed by atoms with Crippen molar-refractivity contribution in [2.24, 2.45) is 11.7 Å². The lowest BCUT2D eigenvalue weighted by Gasteiger charge is -2.44. The number of carboxylic acid groups (broad SMARTS) is 1. The molecule has 2 amide bonds. The Morgan fingerprint density at radius 1 is 1.20 bits per heavy atom. The molecule has 7 heteroatoms. The maximum Gasteiger partial charge on any atom is 0.314 e. The topological polar surface area (TPSA) is 102 Å². The number of amides is 2. The van der Waals surface area contributed by atoms with E-state index in [1.807, 2.05) is 30.3 Å². The molecule has 4 rings (SSSR count). The van der Waals surface area contributed by atoms with E-state index in [1.54, 1.807) is 30.2 Å². The highest BCUT2D eigenvalue weighted by molar-refractivity contribution is 5.78. The van der Waals surface area contributed by atoms with E-state index in [0.717, 1.165) is 5.56 Å². The van der Waals surface area contributed by atoms with Gasteiger partial charge in [0.05, 0.1) is 13.0 Å². The first-order valence-corrected chi connectivity index (χ1v) is 10.1. The van der Waals surface area contributed by atoms with Gasteiger partial charge in [-0.25, -0.2) is 4.79 Å². The highest BCUT2D eigenvalue weighted by atomic mass is 16.5. The molecule has 3 N–H and O–H groups in total. The van der Waals surface area contributed by atoms with Crippen LogP contribution in [0.1, 0.15) is 35.8 Å². The van der Waals surface area contributed by atoms with Gasteiger partial charge in [0, 0.05) is 36.9 Å². The first-order chi connectivity index (χ1) is 14.5. The number of aliphatic carboxylic acids is 1. The fourth-order valence-electron chi connectivity index (χ4n) is 4.77. The van der Waals surface area contributed by atoms with Crippen LogP contribution in [0.3, 0.4) is 0 Å². The average Bonchev–Trinajstić information content (AvgIpc) is 2.78. The van der Waals surface area contributed by atoms with Crippen LogP contribution in [-0.4, -0.2) is 48.3 Å². The summed E-state index contributed by atoms with van der Waals surface area (Å²) in [5, 5.41) is 9.90. The van der Waals surface area contributed by atoms with Gasteiger partial charge in [-0.3, -0.25) is 4.79 Å². The van der Waals surface area contributed by atoms with E-state index >= 15 is 0 Å². The number of rotatable bonds is 4. The van der Waals surface area contributed by atoms with E-state index in [2.05, 4.69) is 0 Å². The highest BCUT2D eigenvalue weighted by Crippen LogP contribution is 2.45. The van der Waals surface area contributed by atoms with Crippen molar-refractivity contribution in [3.8, 4) is 11.5 Å². The van der Waals surface area contributed by atoms with Gasteiger partial charge >= 0.3 is 12.0 Å². The number of hydrogen-bond acceptors (Lipinski definition) is 4. The Morgan fingerprint density at radius 3 is 2.63 bits per heavy atom. The van der Waals surface area contributed by atoms with Crippen LogP contribution in [0, 0.1) is 5.92 Å². The summed E-state index contributed by atoms with van der Waals surface area (Å²) in [6, 6.07) is 14.9. The van der Waals surface area contributed by atoms with E-state index in [-0.39, 0.29) is 17.9 Å². The molecule has 158 valence electrons. The number of methoxy groups -OCH3 is 1. The smallest absolute Gasteiger partial charge is 0.314 e. The lowest BCUT2D eigenvalue weighted by molar-refractivity contribution is -0.140. The lowest BCUT2D eigenvalue weighted by atomic mass is 9.74. The largest absolute Gasteiger partial charge is 0.497 e. The lowest BCUT2D eigenvalue weighted by Crippen LogP contribution is -2.49. The second kappa shape index (κ2) is 8.26. The predicted octanol–water partition coefficient (Wildman–Crippen LogP) is 3.20. The average molecular weight is 410 g/mol. The molecular formula is C23H26N2O5. The quantitative estimate of drug-likeness (QED) is 0.806. The van der Waals surface area contributed by atoms with Crippen LogP contribution in [-0.2, 0) is 4.79 Å².